The number of piperidine rings is 1. The van der Waals surface area contributed by atoms with Gasteiger partial charge in [0.05, 0.1) is 4.91 Å². The third-order valence-electron chi connectivity index (χ3n) is 8.21. The number of thioether (sulfide) groups is 1. The Kier molecular flexibility index (Phi) is 11.2. The summed E-state index contributed by atoms with van der Waals surface area (Å²) in [6.07, 6.45) is 11.3. The number of rotatable bonds is 12. The van der Waals surface area contributed by atoms with Gasteiger partial charge in [-0.15, -0.1) is 0 Å². The number of pyridine rings is 1. The third-order valence-corrected chi connectivity index (χ3v) is 9.59. The van der Waals surface area contributed by atoms with E-state index in [1.54, 1.807) is 9.47 Å². The van der Waals surface area contributed by atoms with E-state index in [2.05, 4.69) is 48.2 Å². The summed E-state index contributed by atoms with van der Waals surface area (Å²) in [5, 5.41) is 9.95. The fraction of sp³-hybridized carbons (Fsp3) is 0.515. The topological polar surface area (TPSA) is 69.3 Å². The van der Waals surface area contributed by atoms with E-state index < -0.39 is 0 Å². The number of benzene rings is 1. The first kappa shape index (κ1) is 31.1. The van der Waals surface area contributed by atoms with Crippen molar-refractivity contribution in [2.45, 2.75) is 85.1 Å². The van der Waals surface area contributed by atoms with Crippen LogP contribution in [0.25, 0.3) is 6.08 Å². The van der Waals surface area contributed by atoms with E-state index in [9.17, 15) is 14.9 Å². The Bertz CT molecular complexity index is 1370. The summed E-state index contributed by atoms with van der Waals surface area (Å²) >= 11 is 6.94. The van der Waals surface area contributed by atoms with Crippen LogP contribution in [-0.2, 0) is 17.8 Å². The molecule has 0 saturated carbocycles. The van der Waals surface area contributed by atoms with Crippen molar-refractivity contribution < 1.29 is 4.79 Å². The van der Waals surface area contributed by atoms with Crippen molar-refractivity contribution >= 4 is 46.1 Å². The van der Waals surface area contributed by atoms with Crippen molar-refractivity contribution in [1.29, 1.82) is 5.26 Å². The molecule has 1 aromatic carbocycles. The van der Waals surface area contributed by atoms with Crippen LogP contribution < -0.4 is 10.5 Å². The summed E-state index contributed by atoms with van der Waals surface area (Å²) in [6, 6.07) is 12.8. The van der Waals surface area contributed by atoms with Gasteiger partial charge in [-0.05, 0) is 62.1 Å². The smallest absolute Gasteiger partial charge is 0.270 e. The van der Waals surface area contributed by atoms with Gasteiger partial charge in [0.25, 0.3) is 11.5 Å². The first-order valence-corrected chi connectivity index (χ1v) is 16.3. The lowest BCUT2D eigenvalue weighted by atomic mass is 9.90. The van der Waals surface area contributed by atoms with Crippen LogP contribution in [0.4, 0.5) is 5.82 Å². The summed E-state index contributed by atoms with van der Waals surface area (Å²) in [5.41, 5.74) is 2.69. The number of anilines is 1. The number of carbonyl (C=O) groups is 1. The lowest BCUT2D eigenvalue weighted by Crippen LogP contribution is -2.40. The van der Waals surface area contributed by atoms with E-state index in [1.165, 1.54) is 36.6 Å². The van der Waals surface area contributed by atoms with E-state index in [1.807, 2.05) is 19.9 Å². The Balaban J connectivity index is 1.64. The Morgan fingerprint density at radius 1 is 1.02 bits per heavy atom. The van der Waals surface area contributed by atoms with Crippen LogP contribution in [0, 0.1) is 24.2 Å². The Morgan fingerprint density at radius 2 is 1.73 bits per heavy atom. The normalized spacial score (nSPS) is 17.1. The SMILES string of the molecule is CCCCCCCN1C(=O)C(=Cc2c(C)c(C#N)c(=O)n(CCC)c2N2CCC(Cc3ccccc3)CC2)SC1=S. The van der Waals surface area contributed by atoms with Gasteiger partial charge in [-0.1, -0.05) is 93.8 Å². The molecule has 8 heteroatoms. The molecule has 2 aliphatic heterocycles. The molecule has 2 saturated heterocycles. The predicted molar refractivity (Wildman–Crippen MR) is 174 cm³/mol. The van der Waals surface area contributed by atoms with Crippen LogP contribution in [0.15, 0.2) is 40.0 Å². The Morgan fingerprint density at radius 3 is 2.39 bits per heavy atom. The second kappa shape index (κ2) is 14.8. The number of aromatic nitrogens is 1. The fourth-order valence-corrected chi connectivity index (χ4v) is 7.20. The highest BCUT2D eigenvalue weighted by atomic mass is 32.2. The third kappa shape index (κ3) is 7.31. The first-order valence-electron chi connectivity index (χ1n) is 15.1. The van der Waals surface area contributed by atoms with Gasteiger partial charge in [-0.25, -0.2) is 0 Å². The quantitative estimate of drug-likeness (QED) is 0.150. The highest BCUT2D eigenvalue weighted by molar-refractivity contribution is 8.26. The molecular weight excluding hydrogens is 549 g/mol. The van der Waals surface area contributed by atoms with Crippen molar-refractivity contribution in [3.8, 4) is 6.07 Å². The molecule has 0 bridgehead atoms. The lowest BCUT2D eigenvalue weighted by Gasteiger charge is -2.36. The molecule has 0 radical (unpaired) electrons. The predicted octanol–water partition coefficient (Wildman–Crippen LogP) is 7.07. The fourth-order valence-electron chi connectivity index (χ4n) is 5.91. The number of amides is 1. The average molecular weight is 591 g/mol. The minimum Gasteiger partial charge on any atom is -0.357 e. The monoisotopic (exact) mass is 590 g/mol. The molecule has 218 valence electrons. The minimum atomic E-state index is -0.245. The van der Waals surface area contributed by atoms with Gasteiger partial charge in [0.1, 0.15) is 21.8 Å². The molecule has 0 spiro atoms. The van der Waals surface area contributed by atoms with Crippen LogP contribution in [0.2, 0.25) is 0 Å². The van der Waals surface area contributed by atoms with Gasteiger partial charge in [0.2, 0.25) is 0 Å². The molecule has 2 aromatic rings. The van der Waals surface area contributed by atoms with Crippen molar-refractivity contribution in [3.05, 3.63) is 67.8 Å². The van der Waals surface area contributed by atoms with Crippen molar-refractivity contribution in [3.63, 3.8) is 0 Å². The molecule has 0 N–H and O–H groups in total. The van der Waals surface area contributed by atoms with Gasteiger partial charge < -0.3 is 4.90 Å². The zero-order chi connectivity index (χ0) is 29.4. The van der Waals surface area contributed by atoms with Gasteiger partial charge in [0, 0.05) is 31.7 Å². The van der Waals surface area contributed by atoms with E-state index in [0.717, 1.165) is 63.0 Å². The van der Waals surface area contributed by atoms with Gasteiger partial charge in [0.15, 0.2) is 0 Å². The van der Waals surface area contributed by atoms with E-state index in [4.69, 9.17) is 12.2 Å². The molecule has 41 heavy (non-hydrogen) atoms. The van der Waals surface area contributed by atoms with Crippen molar-refractivity contribution in [1.82, 2.24) is 9.47 Å². The molecule has 1 aromatic heterocycles. The second-order valence-electron chi connectivity index (χ2n) is 11.2. The lowest BCUT2D eigenvalue weighted by molar-refractivity contribution is -0.122. The largest absolute Gasteiger partial charge is 0.357 e. The van der Waals surface area contributed by atoms with Crippen LogP contribution in [0.5, 0.6) is 0 Å². The summed E-state index contributed by atoms with van der Waals surface area (Å²) in [4.78, 5) is 31.6. The van der Waals surface area contributed by atoms with Crippen LogP contribution in [0.3, 0.4) is 0 Å². The maximum Gasteiger partial charge on any atom is 0.270 e. The molecule has 3 heterocycles. The van der Waals surface area contributed by atoms with Crippen molar-refractivity contribution in [2.24, 2.45) is 5.92 Å². The number of nitriles is 1. The number of nitrogens with zero attached hydrogens (tertiary/aromatic N) is 4. The zero-order valence-electron chi connectivity index (χ0n) is 24.7. The maximum absolute atomic E-state index is 13.5. The van der Waals surface area contributed by atoms with Crippen LogP contribution in [0.1, 0.15) is 87.5 Å². The molecule has 0 unspecified atom stereocenters. The van der Waals surface area contributed by atoms with Crippen LogP contribution in [-0.4, -0.2) is 39.3 Å². The second-order valence-corrected chi connectivity index (χ2v) is 12.8. The summed E-state index contributed by atoms with van der Waals surface area (Å²) in [7, 11) is 0. The molecule has 4 rings (SSSR count). The molecule has 6 nitrogen and oxygen atoms in total. The highest BCUT2D eigenvalue weighted by Crippen LogP contribution is 2.37. The van der Waals surface area contributed by atoms with E-state index >= 15 is 0 Å². The standard InChI is InChI=1S/C33H42N4O2S2/c1-4-6-7-8-12-18-37-32(39)29(41-33(37)40)22-27-24(3)28(23-34)31(38)36(17-5-2)30(27)35-19-15-26(16-20-35)21-25-13-10-9-11-14-25/h9-11,13-14,22,26H,4-8,12,15-21H2,1-3H3. The van der Waals surface area contributed by atoms with Crippen LogP contribution >= 0.6 is 24.0 Å². The first-order chi connectivity index (χ1) is 19.9. The maximum atomic E-state index is 13.5. The van der Waals surface area contributed by atoms with Crippen molar-refractivity contribution in [2.75, 3.05) is 24.5 Å². The molecule has 1 amide bonds. The number of unbranched alkanes of at least 4 members (excludes halogenated alkanes) is 4. The summed E-state index contributed by atoms with van der Waals surface area (Å²) < 4.78 is 2.35. The number of hydrogen-bond acceptors (Lipinski definition) is 6. The Hall–Kier alpha value is -2.89. The highest BCUT2D eigenvalue weighted by Gasteiger charge is 2.33. The number of hydrogen-bond donors (Lipinski definition) is 0. The number of thiocarbonyl (C=S) groups is 1. The summed E-state index contributed by atoms with van der Waals surface area (Å²) in [6.45, 7) is 8.87. The molecule has 2 fully saturated rings. The Labute approximate surface area is 254 Å². The molecular formula is C33H42N4O2S2. The molecule has 2 aliphatic rings. The minimum absolute atomic E-state index is 0.0749. The molecule has 0 atom stereocenters. The zero-order valence-corrected chi connectivity index (χ0v) is 26.3. The van der Waals surface area contributed by atoms with E-state index in [0.29, 0.717) is 33.8 Å². The summed E-state index contributed by atoms with van der Waals surface area (Å²) in [5.74, 6) is 1.34. The van der Waals surface area contributed by atoms with Gasteiger partial charge in [-0.3, -0.25) is 19.1 Å². The van der Waals surface area contributed by atoms with Gasteiger partial charge in [-0.2, -0.15) is 5.26 Å². The van der Waals surface area contributed by atoms with E-state index in [-0.39, 0.29) is 17.0 Å². The number of carbonyl (C=O) groups excluding carboxylic acids is 1. The molecule has 0 aliphatic carbocycles. The average Bonchev–Trinajstić information content (AvgIpc) is 3.24. The van der Waals surface area contributed by atoms with Gasteiger partial charge >= 0.3 is 0 Å².